The van der Waals surface area contributed by atoms with Crippen LogP contribution in [0.3, 0.4) is 0 Å². The molecule has 6 heteroatoms. The molecule has 0 bridgehead atoms. The van der Waals surface area contributed by atoms with Gasteiger partial charge in [0.05, 0.1) is 0 Å². The molecule has 0 fully saturated rings. The van der Waals surface area contributed by atoms with Crippen LogP contribution in [0.1, 0.15) is 265 Å². The second-order valence-electron chi connectivity index (χ2n) is 21.3. The molecule has 0 aromatic carbocycles. The van der Waals surface area contributed by atoms with Crippen molar-refractivity contribution in [1.82, 2.24) is 0 Å². The van der Waals surface area contributed by atoms with Crippen molar-refractivity contribution in [3.05, 3.63) is 182 Å². The fraction of sp³-hybridized carbons (Fsp3) is 0.571. The molecule has 83 heavy (non-hydrogen) atoms. The Morgan fingerprint density at radius 3 is 0.759 bits per heavy atom. The molecule has 0 radical (unpaired) electrons. The lowest BCUT2D eigenvalue weighted by Crippen LogP contribution is -2.30. The first-order chi connectivity index (χ1) is 41.0. The highest BCUT2D eigenvalue weighted by molar-refractivity contribution is 5.71. The number of esters is 3. The maximum atomic E-state index is 12.9. The summed E-state index contributed by atoms with van der Waals surface area (Å²) in [6, 6.07) is 0. The van der Waals surface area contributed by atoms with E-state index in [2.05, 4.69) is 203 Å². The summed E-state index contributed by atoms with van der Waals surface area (Å²) < 4.78 is 16.9. The minimum Gasteiger partial charge on any atom is -0.462 e. The molecule has 0 N–H and O–H groups in total. The number of hydrogen-bond donors (Lipinski definition) is 0. The van der Waals surface area contributed by atoms with Gasteiger partial charge < -0.3 is 14.2 Å². The molecule has 0 aliphatic rings. The second-order valence-corrected chi connectivity index (χ2v) is 21.3. The first-order valence-corrected chi connectivity index (χ1v) is 33.3. The molecule has 1 atom stereocenters. The Morgan fingerprint density at radius 1 is 0.253 bits per heavy atom. The Balaban J connectivity index is 4.53. The van der Waals surface area contributed by atoms with Crippen LogP contribution in [0.25, 0.3) is 0 Å². The van der Waals surface area contributed by atoms with Crippen molar-refractivity contribution < 1.29 is 28.6 Å². The third kappa shape index (κ3) is 67.2. The van der Waals surface area contributed by atoms with Crippen molar-refractivity contribution in [1.29, 1.82) is 0 Å². The molecule has 0 rings (SSSR count). The number of hydrogen-bond acceptors (Lipinski definition) is 6. The van der Waals surface area contributed by atoms with Crippen molar-refractivity contribution in [2.45, 2.75) is 271 Å². The van der Waals surface area contributed by atoms with E-state index in [4.69, 9.17) is 14.2 Å². The summed E-state index contributed by atoms with van der Waals surface area (Å²) in [6.45, 7) is 6.34. The molecule has 464 valence electrons. The number of rotatable bonds is 58. The summed E-state index contributed by atoms with van der Waals surface area (Å²) in [5.74, 6) is -0.996. The van der Waals surface area contributed by atoms with E-state index in [1.54, 1.807) is 0 Å². The number of ether oxygens (including phenoxy) is 3. The highest BCUT2D eigenvalue weighted by Gasteiger charge is 2.19. The van der Waals surface area contributed by atoms with Gasteiger partial charge in [-0.25, -0.2) is 0 Å². The van der Waals surface area contributed by atoms with Crippen LogP contribution in [0.2, 0.25) is 0 Å². The van der Waals surface area contributed by atoms with Crippen LogP contribution < -0.4 is 0 Å². The van der Waals surface area contributed by atoms with E-state index in [-0.39, 0.29) is 44.0 Å². The lowest BCUT2D eigenvalue weighted by molar-refractivity contribution is -0.167. The maximum absolute atomic E-state index is 12.9. The van der Waals surface area contributed by atoms with Gasteiger partial charge in [0, 0.05) is 19.3 Å². The van der Waals surface area contributed by atoms with Gasteiger partial charge in [-0.15, -0.1) is 0 Å². The zero-order valence-electron chi connectivity index (χ0n) is 53.1. The van der Waals surface area contributed by atoms with Gasteiger partial charge in [0.15, 0.2) is 6.10 Å². The summed E-state index contributed by atoms with van der Waals surface area (Å²) >= 11 is 0. The average Bonchev–Trinajstić information content (AvgIpc) is 3.49. The van der Waals surface area contributed by atoms with Gasteiger partial charge in [-0.05, 0) is 141 Å². The Bertz CT molecular complexity index is 1940. The van der Waals surface area contributed by atoms with E-state index in [1.807, 2.05) is 0 Å². The predicted octanol–water partition coefficient (Wildman–Crippen LogP) is 23.2. The zero-order valence-corrected chi connectivity index (χ0v) is 53.1. The largest absolute Gasteiger partial charge is 0.462 e. The molecule has 1 unspecified atom stereocenters. The molecule has 0 saturated carbocycles. The fourth-order valence-electron chi connectivity index (χ4n) is 8.50. The minimum absolute atomic E-state index is 0.113. The standard InChI is InChI=1S/C77H120O6/c1-4-7-10-13-16-19-22-25-27-29-31-33-35-37-38-40-41-43-45-47-49-52-55-58-61-64-67-70-76(79)82-73-74(72-81-75(78)69-66-63-60-57-54-51-24-21-18-15-12-9-6-3)83-77(80)71-68-65-62-59-56-53-50-48-46-44-42-39-36-34-32-30-28-26-23-20-17-14-11-8-5-2/h7-8,10-11,16-17,19-20,25-28,31-34,37-39,41-43,46-49,53,55-56,58,74H,4-6,9,12-15,18,21-24,29-30,35-36,40,44-45,50-52,54,57,59-73H2,1-3H3/b10-7-,11-8-,19-16-,20-17-,27-25-,28-26-,33-31-,34-32-,38-37-,42-39-,43-41-,48-46-,49-47-,56-53-,58-55-. The van der Waals surface area contributed by atoms with Crippen molar-refractivity contribution in [3.8, 4) is 0 Å². The van der Waals surface area contributed by atoms with Gasteiger partial charge in [-0.1, -0.05) is 287 Å². The van der Waals surface area contributed by atoms with E-state index in [1.165, 1.54) is 64.2 Å². The molecular formula is C77H120O6. The van der Waals surface area contributed by atoms with Crippen LogP contribution in [0.4, 0.5) is 0 Å². The van der Waals surface area contributed by atoms with Gasteiger partial charge >= 0.3 is 17.9 Å². The minimum atomic E-state index is -0.825. The Hall–Kier alpha value is -5.49. The SMILES string of the molecule is CC/C=C\C/C=C\C/C=C\C/C=C\C/C=C\C/C=C\C/C=C\C/C=C\CCCCC(=O)OCC(COC(=O)CCCCCCCCCCCCCCC)OC(=O)CCCCC/C=C\C/C=C\C/C=C\C/C=C\C/C=C\C/C=C\C/C=C\CC. The van der Waals surface area contributed by atoms with Crippen LogP contribution in [0, 0.1) is 0 Å². The highest BCUT2D eigenvalue weighted by Crippen LogP contribution is 2.14. The molecule has 6 nitrogen and oxygen atoms in total. The summed E-state index contributed by atoms with van der Waals surface area (Å²) in [4.78, 5) is 38.3. The Morgan fingerprint density at radius 2 is 0.470 bits per heavy atom. The van der Waals surface area contributed by atoms with Gasteiger partial charge in [0.2, 0.25) is 0 Å². The number of carbonyl (C=O) groups excluding carboxylic acids is 3. The molecule has 0 spiro atoms. The monoisotopic (exact) mass is 1140 g/mol. The molecule has 0 aromatic heterocycles. The molecular weight excluding hydrogens is 1020 g/mol. The fourth-order valence-corrected chi connectivity index (χ4v) is 8.50. The van der Waals surface area contributed by atoms with E-state index in [9.17, 15) is 14.4 Å². The normalized spacial score (nSPS) is 13.3. The van der Waals surface area contributed by atoms with Crippen molar-refractivity contribution in [2.24, 2.45) is 0 Å². The van der Waals surface area contributed by atoms with E-state index < -0.39 is 6.10 Å². The first kappa shape index (κ1) is 77.5. The summed E-state index contributed by atoms with van der Waals surface area (Å²) in [5.41, 5.74) is 0. The third-order valence-corrected chi connectivity index (χ3v) is 13.4. The molecule has 0 saturated heterocycles. The molecule has 0 aliphatic heterocycles. The van der Waals surface area contributed by atoms with Crippen LogP contribution in [-0.2, 0) is 28.6 Å². The van der Waals surface area contributed by atoms with Gasteiger partial charge in [0.25, 0.3) is 0 Å². The molecule has 0 aromatic rings. The smallest absolute Gasteiger partial charge is 0.306 e. The summed E-state index contributed by atoms with van der Waals surface area (Å²) in [7, 11) is 0. The lowest BCUT2D eigenvalue weighted by atomic mass is 10.0. The summed E-state index contributed by atoms with van der Waals surface area (Å²) in [5, 5.41) is 0. The van der Waals surface area contributed by atoms with Crippen molar-refractivity contribution >= 4 is 17.9 Å². The molecule has 0 heterocycles. The van der Waals surface area contributed by atoms with Gasteiger partial charge in [0.1, 0.15) is 13.2 Å². The predicted molar refractivity (Wildman–Crippen MR) is 361 cm³/mol. The third-order valence-electron chi connectivity index (χ3n) is 13.4. The molecule has 0 aliphatic carbocycles. The Labute approximate surface area is 510 Å². The molecule has 0 amide bonds. The summed E-state index contributed by atoms with van der Waals surface area (Å²) in [6.07, 6.45) is 103. The van der Waals surface area contributed by atoms with Crippen LogP contribution >= 0.6 is 0 Å². The first-order valence-electron chi connectivity index (χ1n) is 33.3. The van der Waals surface area contributed by atoms with E-state index >= 15 is 0 Å². The highest BCUT2D eigenvalue weighted by atomic mass is 16.6. The number of allylic oxidation sites excluding steroid dienone is 30. The topological polar surface area (TPSA) is 78.9 Å². The number of unbranched alkanes of at least 4 members (excludes halogenated alkanes) is 17. The van der Waals surface area contributed by atoms with Crippen LogP contribution in [0.5, 0.6) is 0 Å². The van der Waals surface area contributed by atoms with E-state index in [0.717, 1.165) is 148 Å². The Kier molecular flexibility index (Phi) is 64.4. The van der Waals surface area contributed by atoms with Crippen molar-refractivity contribution in [3.63, 3.8) is 0 Å². The second kappa shape index (κ2) is 69.0. The number of carbonyl (C=O) groups is 3. The maximum Gasteiger partial charge on any atom is 0.306 e. The van der Waals surface area contributed by atoms with Gasteiger partial charge in [-0.3, -0.25) is 14.4 Å². The van der Waals surface area contributed by atoms with Crippen molar-refractivity contribution in [2.75, 3.05) is 13.2 Å². The average molecular weight is 1140 g/mol. The van der Waals surface area contributed by atoms with E-state index in [0.29, 0.717) is 19.3 Å². The van der Waals surface area contributed by atoms with Crippen LogP contribution in [-0.4, -0.2) is 37.2 Å². The quantitative estimate of drug-likeness (QED) is 0.0261. The van der Waals surface area contributed by atoms with Crippen LogP contribution in [0.15, 0.2) is 182 Å². The van der Waals surface area contributed by atoms with Gasteiger partial charge in [-0.2, -0.15) is 0 Å². The zero-order chi connectivity index (χ0) is 59.9. The lowest BCUT2D eigenvalue weighted by Gasteiger charge is -2.18.